The average Bonchev–Trinajstić information content (AvgIpc) is 2.04. The summed E-state index contributed by atoms with van der Waals surface area (Å²) in [7, 11) is 0. The number of amidine groups is 1. The highest BCUT2D eigenvalue weighted by Gasteiger charge is 2.05. The third-order valence-electron chi connectivity index (χ3n) is 1.84. The highest BCUT2D eigenvalue weighted by molar-refractivity contribution is 5.93. The second kappa shape index (κ2) is 4.03. The highest BCUT2D eigenvalue weighted by atomic mass is 19.1. The third kappa shape index (κ3) is 2.28. The molecule has 0 fully saturated rings. The Balaban J connectivity index is 2.98. The molecule has 2 nitrogen and oxygen atoms in total. The smallest absolute Gasteiger partial charge is 0.125 e. The van der Waals surface area contributed by atoms with E-state index in [0.29, 0.717) is 12.4 Å². The summed E-state index contributed by atoms with van der Waals surface area (Å²) in [4.78, 5) is 1.74. The van der Waals surface area contributed by atoms with Crippen molar-refractivity contribution in [3.8, 4) is 0 Å². The van der Waals surface area contributed by atoms with Gasteiger partial charge >= 0.3 is 0 Å². The van der Waals surface area contributed by atoms with Gasteiger partial charge in [0, 0.05) is 12.2 Å². The standard InChI is InChI=1S/C10H13FN2/c1-3-13(8(2)12)10-6-4-5-9(11)7-10/h4-7,12H,3H2,1-2H3. The van der Waals surface area contributed by atoms with Crippen LogP contribution in [0.3, 0.4) is 0 Å². The fraction of sp³-hybridized carbons (Fsp3) is 0.300. The molecule has 3 heteroatoms. The van der Waals surface area contributed by atoms with E-state index in [2.05, 4.69) is 0 Å². The summed E-state index contributed by atoms with van der Waals surface area (Å²) in [6.07, 6.45) is 0. The molecule has 0 aliphatic rings. The second-order valence-corrected chi connectivity index (χ2v) is 2.81. The van der Waals surface area contributed by atoms with Crippen LogP contribution < -0.4 is 4.90 Å². The molecule has 0 aromatic heterocycles. The number of benzene rings is 1. The first-order chi connectivity index (χ1) is 6.15. The number of nitrogens with zero attached hydrogens (tertiary/aromatic N) is 1. The summed E-state index contributed by atoms with van der Waals surface area (Å²) in [5, 5.41) is 7.46. The third-order valence-corrected chi connectivity index (χ3v) is 1.84. The van der Waals surface area contributed by atoms with E-state index < -0.39 is 0 Å². The largest absolute Gasteiger partial charge is 0.331 e. The van der Waals surface area contributed by atoms with Crippen molar-refractivity contribution in [1.29, 1.82) is 5.41 Å². The van der Waals surface area contributed by atoms with Gasteiger partial charge in [0.15, 0.2) is 0 Å². The Kier molecular flexibility index (Phi) is 3.01. The number of rotatable bonds is 2. The van der Waals surface area contributed by atoms with E-state index in [1.165, 1.54) is 12.1 Å². The van der Waals surface area contributed by atoms with Gasteiger partial charge in [-0.15, -0.1) is 0 Å². The molecule has 1 rings (SSSR count). The maximum absolute atomic E-state index is 12.8. The molecule has 0 atom stereocenters. The number of anilines is 1. The van der Waals surface area contributed by atoms with E-state index in [9.17, 15) is 4.39 Å². The van der Waals surface area contributed by atoms with Gasteiger partial charge < -0.3 is 4.90 Å². The zero-order valence-corrected chi connectivity index (χ0v) is 7.84. The lowest BCUT2D eigenvalue weighted by molar-refractivity contribution is 0.628. The zero-order chi connectivity index (χ0) is 9.84. The van der Waals surface area contributed by atoms with E-state index in [1.807, 2.05) is 6.92 Å². The van der Waals surface area contributed by atoms with Gasteiger partial charge in [-0.1, -0.05) is 6.07 Å². The van der Waals surface area contributed by atoms with Crippen LogP contribution in [0, 0.1) is 11.2 Å². The summed E-state index contributed by atoms with van der Waals surface area (Å²) in [5.74, 6) is 0.158. The normalized spacial score (nSPS) is 9.77. The van der Waals surface area contributed by atoms with E-state index >= 15 is 0 Å². The van der Waals surface area contributed by atoms with Crippen LogP contribution in [0.15, 0.2) is 24.3 Å². The Morgan fingerprint density at radius 2 is 2.23 bits per heavy atom. The summed E-state index contributed by atoms with van der Waals surface area (Å²) < 4.78 is 12.8. The van der Waals surface area contributed by atoms with Crippen LogP contribution in [0.5, 0.6) is 0 Å². The molecule has 1 aromatic rings. The molecule has 0 heterocycles. The molecule has 0 bridgehead atoms. The Labute approximate surface area is 77.5 Å². The Bertz CT molecular complexity index is 310. The van der Waals surface area contributed by atoms with Gasteiger partial charge in [0.25, 0.3) is 0 Å². The summed E-state index contributed by atoms with van der Waals surface area (Å²) >= 11 is 0. The monoisotopic (exact) mass is 180 g/mol. The fourth-order valence-corrected chi connectivity index (χ4v) is 1.26. The minimum Gasteiger partial charge on any atom is -0.331 e. The molecule has 1 N–H and O–H groups in total. The van der Waals surface area contributed by atoms with Crippen molar-refractivity contribution in [2.75, 3.05) is 11.4 Å². The van der Waals surface area contributed by atoms with Crippen molar-refractivity contribution in [3.63, 3.8) is 0 Å². The lowest BCUT2D eigenvalue weighted by Gasteiger charge is -2.21. The second-order valence-electron chi connectivity index (χ2n) is 2.81. The van der Waals surface area contributed by atoms with Gasteiger partial charge in [-0.25, -0.2) is 4.39 Å². The topological polar surface area (TPSA) is 27.1 Å². The maximum atomic E-state index is 12.8. The number of hydrogen-bond acceptors (Lipinski definition) is 1. The molecule has 0 radical (unpaired) electrons. The van der Waals surface area contributed by atoms with Gasteiger partial charge in [-0.2, -0.15) is 0 Å². The molecular formula is C10H13FN2. The van der Waals surface area contributed by atoms with Gasteiger partial charge in [0.2, 0.25) is 0 Å². The first-order valence-electron chi connectivity index (χ1n) is 4.23. The van der Waals surface area contributed by atoms with Crippen molar-refractivity contribution in [1.82, 2.24) is 0 Å². The van der Waals surface area contributed by atoms with E-state index in [-0.39, 0.29) is 5.82 Å². The number of halogens is 1. The Morgan fingerprint density at radius 3 is 2.69 bits per heavy atom. The molecule has 0 saturated heterocycles. The SMILES string of the molecule is CCN(C(C)=N)c1cccc(F)c1. The molecule has 0 saturated carbocycles. The Morgan fingerprint density at radius 1 is 1.54 bits per heavy atom. The number of nitrogens with one attached hydrogen (secondary N) is 1. The minimum atomic E-state index is -0.266. The van der Waals surface area contributed by atoms with Crippen LogP contribution >= 0.6 is 0 Å². The van der Waals surface area contributed by atoms with Crippen LogP contribution in [0.1, 0.15) is 13.8 Å². The quantitative estimate of drug-likeness (QED) is 0.549. The lowest BCUT2D eigenvalue weighted by atomic mass is 10.2. The van der Waals surface area contributed by atoms with Gasteiger partial charge in [0.05, 0.1) is 5.84 Å². The molecule has 0 amide bonds. The van der Waals surface area contributed by atoms with Gasteiger partial charge in [0.1, 0.15) is 5.82 Å². The van der Waals surface area contributed by atoms with E-state index in [0.717, 1.165) is 5.69 Å². The number of hydrogen-bond donors (Lipinski definition) is 1. The van der Waals surface area contributed by atoms with E-state index in [1.54, 1.807) is 24.0 Å². The summed E-state index contributed by atoms with van der Waals surface area (Å²) in [6.45, 7) is 4.30. The van der Waals surface area contributed by atoms with Crippen molar-refractivity contribution >= 4 is 11.5 Å². The predicted octanol–water partition coefficient (Wildman–Crippen LogP) is 2.65. The van der Waals surface area contributed by atoms with Crippen LogP contribution in [-0.2, 0) is 0 Å². The Hall–Kier alpha value is -1.38. The van der Waals surface area contributed by atoms with Crippen molar-refractivity contribution in [2.24, 2.45) is 0 Å². The van der Waals surface area contributed by atoms with Crippen molar-refractivity contribution < 1.29 is 4.39 Å². The molecule has 0 spiro atoms. The molecule has 13 heavy (non-hydrogen) atoms. The van der Waals surface area contributed by atoms with Crippen molar-refractivity contribution in [2.45, 2.75) is 13.8 Å². The molecule has 0 aliphatic carbocycles. The van der Waals surface area contributed by atoms with Crippen LogP contribution in [0.4, 0.5) is 10.1 Å². The summed E-state index contributed by atoms with van der Waals surface area (Å²) in [5.41, 5.74) is 0.731. The van der Waals surface area contributed by atoms with Crippen LogP contribution in [0.25, 0.3) is 0 Å². The van der Waals surface area contributed by atoms with E-state index in [4.69, 9.17) is 5.41 Å². The highest BCUT2D eigenvalue weighted by Crippen LogP contribution is 2.15. The molecule has 0 aliphatic heterocycles. The van der Waals surface area contributed by atoms with Crippen LogP contribution in [0.2, 0.25) is 0 Å². The molecular weight excluding hydrogens is 167 g/mol. The van der Waals surface area contributed by atoms with Gasteiger partial charge in [-0.3, -0.25) is 5.41 Å². The average molecular weight is 180 g/mol. The minimum absolute atomic E-state index is 0.266. The molecule has 70 valence electrons. The lowest BCUT2D eigenvalue weighted by Crippen LogP contribution is -2.27. The first kappa shape index (κ1) is 9.71. The molecule has 1 aromatic carbocycles. The zero-order valence-electron chi connectivity index (χ0n) is 7.84. The predicted molar refractivity (Wildman–Crippen MR) is 52.8 cm³/mol. The summed E-state index contributed by atoms with van der Waals surface area (Å²) in [6, 6.07) is 6.28. The van der Waals surface area contributed by atoms with Crippen LogP contribution in [-0.4, -0.2) is 12.4 Å². The fourth-order valence-electron chi connectivity index (χ4n) is 1.26. The molecule has 0 unspecified atom stereocenters. The maximum Gasteiger partial charge on any atom is 0.125 e. The van der Waals surface area contributed by atoms with Gasteiger partial charge in [-0.05, 0) is 32.0 Å². The first-order valence-corrected chi connectivity index (χ1v) is 4.23. The van der Waals surface area contributed by atoms with Crippen molar-refractivity contribution in [3.05, 3.63) is 30.1 Å².